The van der Waals surface area contributed by atoms with Gasteiger partial charge in [0.25, 0.3) is 0 Å². The van der Waals surface area contributed by atoms with Crippen LogP contribution in [0, 0.1) is 46.8 Å². The van der Waals surface area contributed by atoms with Crippen molar-refractivity contribution in [1.29, 1.82) is 0 Å². The summed E-state index contributed by atoms with van der Waals surface area (Å²) in [5, 5.41) is 14.3. The quantitative estimate of drug-likeness (QED) is 0.101. The van der Waals surface area contributed by atoms with E-state index in [2.05, 4.69) is 53.1 Å². The molecule has 7 atom stereocenters. The summed E-state index contributed by atoms with van der Waals surface area (Å²) in [6, 6.07) is 0. The van der Waals surface area contributed by atoms with Crippen molar-refractivity contribution in [2.45, 2.75) is 137 Å². The first-order valence-corrected chi connectivity index (χ1v) is 17.0. The highest BCUT2D eigenvalue weighted by atomic mass is 16.3. The van der Waals surface area contributed by atoms with Crippen LogP contribution in [-0.2, 0) is 4.79 Å². The normalized spacial score (nSPS) is 28.6. The molecule has 3 saturated carbocycles. The highest BCUT2D eigenvalue weighted by molar-refractivity contribution is 5.93. The maximum Gasteiger partial charge on any atom is 0.247 e. The molecule has 3 fully saturated rings. The van der Waals surface area contributed by atoms with E-state index in [9.17, 15) is 9.90 Å². The Bertz CT molecular complexity index is 863. The van der Waals surface area contributed by atoms with Crippen LogP contribution >= 0.6 is 0 Å². The van der Waals surface area contributed by atoms with Gasteiger partial charge in [-0.25, -0.2) is 0 Å². The molecular weight excluding hydrogens is 490 g/mol. The second-order valence-corrected chi connectivity index (χ2v) is 14.8. The summed E-state index contributed by atoms with van der Waals surface area (Å²) in [5.74, 6) is 4.40. The maximum atomic E-state index is 12.5. The fraction of sp³-hybridized carbons (Fsp3) is 0.811. The van der Waals surface area contributed by atoms with Crippen LogP contribution in [0.15, 0.2) is 37.0 Å². The van der Waals surface area contributed by atoms with E-state index < -0.39 is 5.60 Å². The van der Waals surface area contributed by atoms with E-state index in [4.69, 9.17) is 6.58 Å². The van der Waals surface area contributed by atoms with Crippen LogP contribution in [0.25, 0.3) is 0 Å². The first kappa shape index (κ1) is 33.2. The summed E-state index contributed by atoms with van der Waals surface area (Å²) >= 11 is 0. The van der Waals surface area contributed by atoms with Gasteiger partial charge >= 0.3 is 0 Å². The van der Waals surface area contributed by atoms with Crippen molar-refractivity contribution in [3.8, 4) is 0 Å². The lowest BCUT2D eigenvalue weighted by Crippen LogP contribution is -2.35. The molecule has 2 N–H and O–H groups in total. The van der Waals surface area contributed by atoms with Crippen LogP contribution in [0.2, 0.25) is 0 Å². The van der Waals surface area contributed by atoms with Crippen molar-refractivity contribution < 1.29 is 9.90 Å². The summed E-state index contributed by atoms with van der Waals surface area (Å²) < 4.78 is 0. The molecule has 0 spiro atoms. The lowest BCUT2D eigenvalue weighted by atomic mass is 9.66. The third kappa shape index (κ3) is 8.14. The van der Waals surface area contributed by atoms with Gasteiger partial charge in [0.05, 0.1) is 5.60 Å². The summed E-state index contributed by atoms with van der Waals surface area (Å²) in [4.78, 5) is 12.5. The molecule has 0 saturated heterocycles. The van der Waals surface area contributed by atoms with Gasteiger partial charge < -0.3 is 10.4 Å². The van der Waals surface area contributed by atoms with Gasteiger partial charge in [0.15, 0.2) is 0 Å². The number of carbonyl (C=O) groups excluding carboxylic acids is 1. The number of allylic oxidation sites excluding steroid dienone is 1. The minimum absolute atomic E-state index is 0.0132. The number of aliphatic hydroxyl groups is 1. The molecule has 1 amide bonds. The maximum absolute atomic E-state index is 12.5. The number of nitrogens with one attached hydrogen (secondary N) is 1. The van der Waals surface area contributed by atoms with Crippen LogP contribution in [0.5, 0.6) is 0 Å². The molecule has 0 radical (unpaired) electrons. The molecule has 3 heteroatoms. The number of amides is 1. The summed E-state index contributed by atoms with van der Waals surface area (Å²) in [6.45, 7) is 24.7. The van der Waals surface area contributed by atoms with Gasteiger partial charge in [-0.1, -0.05) is 97.4 Å². The minimum atomic E-state index is -0.593. The number of rotatable bonds is 18. The molecule has 0 aromatic heterocycles. The lowest BCUT2D eigenvalue weighted by Gasteiger charge is -2.40. The first-order chi connectivity index (χ1) is 19.0. The molecule has 7 unspecified atom stereocenters. The van der Waals surface area contributed by atoms with Gasteiger partial charge in [-0.2, -0.15) is 0 Å². The summed E-state index contributed by atoms with van der Waals surface area (Å²) in [6.07, 6.45) is 19.3. The molecule has 228 valence electrons. The van der Waals surface area contributed by atoms with E-state index in [-0.39, 0.29) is 11.8 Å². The van der Waals surface area contributed by atoms with Gasteiger partial charge in [0.1, 0.15) is 0 Å². The molecule has 0 aliphatic heterocycles. The molecule has 40 heavy (non-hydrogen) atoms. The fourth-order valence-electron chi connectivity index (χ4n) is 9.19. The van der Waals surface area contributed by atoms with Crippen molar-refractivity contribution in [3.05, 3.63) is 37.0 Å². The van der Waals surface area contributed by atoms with Crippen LogP contribution in [0.4, 0.5) is 0 Å². The van der Waals surface area contributed by atoms with Crippen molar-refractivity contribution in [2.24, 2.45) is 46.8 Å². The van der Waals surface area contributed by atoms with Crippen molar-refractivity contribution in [3.63, 3.8) is 0 Å². The molecule has 3 nitrogen and oxygen atoms in total. The molecule has 0 heterocycles. The largest absolute Gasteiger partial charge is 0.390 e. The van der Waals surface area contributed by atoms with E-state index in [1.807, 2.05) is 0 Å². The molecule has 3 aliphatic rings. The number of fused-ring (bicyclic) bond motifs is 1. The molecular formula is C37H63NO2. The van der Waals surface area contributed by atoms with Gasteiger partial charge in [-0.15, -0.1) is 6.58 Å². The molecule has 0 bridgehead atoms. The third-order valence-corrected chi connectivity index (χ3v) is 11.4. The SMILES string of the molecule is C=CCNC(=O)C(=C)C(CCC)CCCCC1C(C(=C)C(CC(C)(O)CCC)C2CCCCC2)CC2C1C2(C)C. The van der Waals surface area contributed by atoms with Crippen LogP contribution < -0.4 is 5.32 Å². The van der Waals surface area contributed by atoms with Crippen LogP contribution in [0.3, 0.4) is 0 Å². The zero-order valence-corrected chi connectivity index (χ0v) is 26.9. The van der Waals surface area contributed by atoms with Crippen LogP contribution in [0.1, 0.15) is 131 Å². The van der Waals surface area contributed by atoms with Crippen molar-refractivity contribution in [2.75, 3.05) is 6.54 Å². The fourth-order valence-corrected chi connectivity index (χ4v) is 9.19. The summed E-state index contributed by atoms with van der Waals surface area (Å²) in [7, 11) is 0. The molecule has 3 aliphatic carbocycles. The average Bonchev–Trinajstić information content (AvgIpc) is 3.24. The second kappa shape index (κ2) is 14.7. The average molecular weight is 554 g/mol. The number of hydrogen-bond acceptors (Lipinski definition) is 2. The smallest absolute Gasteiger partial charge is 0.247 e. The zero-order valence-electron chi connectivity index (χ0n) is 26.9. The second-order valence-electron chi connectivity index (χ2n) is 14.8. The van der Waals surface area contributed by atoms with Gasteiger partial charge in [-0.3, -0.25) is 4.79 Å². The van der Waals surface area contributed by atoms with Gasteiger partial charge in [0, 0.05) is 12.1 Å². The molecule has 0 aromatic carbocycles. The van der Waals surface area contributed by atoms with E-state index in [1.54, 1.807) is 6.08 Å². The highest BCUT2D eigenvalue weighted by Gasteiger charge is 2.66. The Morgan fingerprint density at radius 1 is 1.10 bits per heavy atom. The van der Waals surface area contributed by atoms with Gasteiger partial charge in [0.2, 0.25) is 5.91 Å². The number of hydrogen-bond donors (Lipinski definition) is 2. The number of carbonyl (C=O) groups is 1. The molecule has 0 aromatic rings. The minimum Gasteiger partial charge on any atom is -0.390 e. The Kier molecular flexibility index (Phi) is 12.2. The Hall–Kier alpha value is -1.35. The first-order valence-electron chi connectivity index (χ1n) is 17.0. The standard InChI is InChI=1S/C37H63NO2/c1-9-17-28(26(4)35(39)38-23-11-3)18-15-16-21-30-31(24-33-34(30)36(33,6)7)27(5)32(25-37(8,40)22-10-2)29-19-13-12-14-20-29/h11,28-34,40H,3-5,9-10,12-25H2,1-2,6-8H3,(H,38,39). The Morgan fingerprint density at radius 2 is 1.80 bits per heavy atom. The highest BCUT2D eigenvalue weighted by Crippen LogP contribution is 2.73. The Morgan fingerprint density at radius 3 is 2.42 bits per heavy atom. The van der Waals surface area contributed by atoms with Crippen molar-refractivity contribution in [1.82, 2.24) is 5.32 Å². The zero-order chi connectivity index (χ0) is 29.5. The van der Waals surface area contributed by atoms with E-state index >= 15 is 0 Å². The van der Waals surface area contributed by atoms with Crippen LogP contribution in [-0.4, -0.2) is 23.2 Å². The molecule has 3 rings (SSSR count). The Balaban J connectivity index is 1.66. The number of unbranched alkanes of at least 4 members (excludes halogenated alkanes) is 1. The third-order valence-electron chi connectivity index (χ3n) is 11.4. The van der Waals surface area contributed by atoms with Crippen molar-refractivity contribution >= 4 is 5.91 Å². The lowest BCUT2D eigenvalue weighted by molar-refractivity contribution is -0.117. The summed E-state index contributed by atoms with van der Waals surface area (Å²) in [5.41, 5.74) is 2.11. The van der Waals surface area contributed by atoms with E-state index in [0.717, 1.165) is 68.3 Å². The topological polar surface area (TPSA) is 49.3 Å². The predicted octanol–water partition coefficient (Wildman–Crippen LogP) is 9.42. The Labute approximate surface area is 247 Å². The van der Waals surface area contributed by atoms with E-state index in [0.29, 0.717) is 29.7 Å². The van der Waals surface area contributed by atoms with E-state index in [1.165, 1.54) is 56.9 Å². The van der Waals surface area contributed by atoms with Gasteiger partial charge in [-0.05, 0) is 105 Å². The monoisotopic (exact) mass is 553 g/mol. The predicted molar refractivity (Wildman–Crippen MR) is 171 cm³/mol.